The molecule has 1 aromatic carbocycles. The van der Waals surface area contributed by atoms with Gasteiger partial charge in [-0.1, -0.05) is 38.1 Å². The van der Waals surface area contributed by atoms with Crippen LogP contribution in [-0.2, 0) is 15.8 Å². The zero-order valence-corrected chi connectivity index (χ0v) is 12.3. The Morgan fingerprint density at radius 2 is 1.95 bits per heavy atom. The number of rotatable bonds is 6. The maximum atomic E-state index is 11.3. The lowest BCUT2D eigenvalue weighted by atomic mass is 9.95. The van der Waals surface area contributed by atoms with Crippen LogP contribution in [-0.4, -0.2) is 32.6 Å². The van der Waals surface area contributed by atoms with Gasteiger partial charge in [0, 0.05) is 0 Å². The number of benzene rings is 1. The van der Waals surface area contributed by atoms with E-state index in [0.29, 0.717) is 0 Å². The maximum Gasteiger partial charge on any atom is 0.328 e. The van der Waals surface area contributed by atoms with Crippen molar-refractivity contribution in [2.45, 2.75) is 37.9 Å². The SMILES string of the molecule is CC(c1cccc(C[C@H](N)C(=O)O)c1)C(C)P(=O)(O)O. The maximum absolute atomic E-state index is 11.3. The molecule has 0 radical (unpaired) electrons. The van der Waals surface area contributed by atoms with E-state index in [0.717, 1.165) is 11.1 Å². The Morgan fingerprint density at radius 1 is 1.35 bits per heavy atom. The number of hydrogen-bond donors (Lipinski definition) is 4. The first-order chi connectivity index (χ1) is 9.12. The summed E-state index contributed by atoms with van der Waals surface area (Å²) >= 11 is 0. The largest absolute Gasteiger partial charge is 0.480 e. The quantitative estimate of drug-likeness (QED) is 0.588. The van der Waals surface area contributed by atoms with Gasteiger partial charge in [-0.05, 0) is 23.5 Å². The molecule has 7 heteroatoms. The third kappa shape index (κ3) is 4.42. The molecule has 112 valence electrons. The fourth-order valence-corrected chi connectivity index (χ4v) is 2.67. The molecule has 3 atom stereocenters. The van der Waals surface area contributed by atoms with Crippen LogP contribution in [0.4, 0.5) is 0 Å². The van der Waals surface area contributed by atoms with E-state index in [1.807, 2.05) is 0 Å². The summed E-state index contributed by atoms with van der Waals surface area (Å²) in [7, 11) is -4.16. The molecule has 6 nitrogen and oxygen atoms in total. The van der Waals surface area contributed by atoms with E-state index in [9.17, 15) is 19.1 Å². The van der Waals surface area contributed by atoms with Crippen LogP contribution < -0.4 is 5.73 Å². The molecule has 0 aliphatic carbocycles. The lowest BCUT2D eigenvalue weighted by molar-refractivity contribution is -0.138. The number of carbonyl (C=O) groups is 1. The van der Waals surface area contributed by atoms with Gasteiger partial charge in [-0.2, -0.15) is 0 Å². The average Bonchev–Trinajstić information content (AvgIpc) is 2.36. The van der Waals surface area contributed by atoms with Gasteiger partial charge in [-0.3, -0.25) is 9.36 Å². The first-order valence-electron chi connectivity index (χ1n) is 6.25. The molecule has 0 amide bonds. The van der Waals surface area contributed by atoms with Crippen molar-refractivity contribution in [3.63, 3.8) is 0 Å². The van der Waals surface area contributed by atoms with Gasteiger partial charge in [-0.25, -0.2) is 0 Å². The van der Waals surface area contributed by atoms with E-state index in [1.165, 1.54) is 6.92 Å². The van der Waals surface area contributed by atoms with Crippen molar-refractivity contribution in [3.8, 4) is 0 Å². The van der Waals surface area contributed by atoms with E-state index in [2.05, 4.69) is 0 Å². The number of carboxylic acids is 1. The molecule has 0 aromatic heterocycles. The van der Waals surface area contributed by atoms with Crippen LogP contribution in [0.5, 0.6) is 0 Å². The Balaban J connectivity index is 2.93. The van der Waals surface area contributed by atoms with Crippen molar-refractivity contribution in [1.29, 1.82) is 0 Å². The summed E-state index contributed by atoms with van der Waals surface area (Å²) in [4.78, 5) is 29.2. The predicted molar refractivity (Wildman–Crippen MR) is 75.7 cm³/mol. The molecule has 0 aliphatic heterocycles. The third-order valence-electron chi connectivity index (χ3n) is 3.50. The van der Waals surface area contributed by atoms with Crippen LogP contribution >= 0.6 is 7.60 Å². The number of aliphatic carboxylic acids is 1. The number of nitrogens with two attached hydrogens (primary N) is 1. The Kier molecular flexibility index (Phi) is 5.48. The molecule has 0 fully saturated rings. The molecule has 1 aromatic rings. The average molecular weight is 301 g/mol. The highest BCUT2D eigenvalue weighted by atomic mass is 31.2. The van der Waals surface area contributed by atoms with Gasteiger partial charge in [0.25, 0.3) is 0 Å². The van der Waals surface area contributed by atoms with Crippen molar-refractivity contribution in [2.24, 2.45) is 5.73 Å². The minimum atomic E-state index is -4.16. The Hall–Kier alpha value is -1.20. The normalized spacial score (nSPS) is 16.4. The van der Waals surface area contributed by atoms with Gasteiger partial charge in [0.15, 0.2) is 0 Å². The monoisotopic (exact) mass is 301 g/mol. The Morgan fingerprint density at radius 3 is 2.45 bits per heavy atom. The molecule has 0 saturated heterocycles. The molecular weight excluding hydrogens is 281 g/mol. The highest BCUT2D eigenvalue weighted by molar-refractivity contribution is 7.52. The van der Waals surface area contributed by atoms with Crippen LogP contribution in [0, 0.1) is 0 Å². The van der Waals surface area contributed by atoms with Crippen LogP contribution in [0.2, 0.25) is 0 Å². The zero-order valence-electron chi connectivity index (χ0n) is 11.4. The summed E-state index contributed by atoms with van der Waals surface area (Å²) in [5, 5.41) is 8.79. The third-order valence-corrected chi connectivity index (χ3v) is 5.01. The van der Waals surface area contributed by atoms with Crippen molar-refractivity contribution in [2.75, 3.05) is 0 Å². The standard InChI is InChI=1S/C13H20NO5P/c1-8(9(2)20(17,18)19)11-5-3-4-10(6-11)7-12(14)13(15)16/h3-6,8-9,12H,7,14H2,1-2H3,(H,15,16)(H2,17,18,19)/t8?,9?,12-/m0/s1. The molecule has 1 rings (SSSR count). The smallest absolute Gasteiger partial charge is 0.328 e. The molecule has 0 bridgehead atoms. The summed E-state index contributed by atoms with van der Waals surface area (Å²) < 4.78 is 11.3. The molecule has 20 heavy (non-hydrogen) atoms. The summed E-state index contributed by atoms with van der Waals surface area (Å²) in [5.41, 5.74) is 6.18. The van der Waals surface area contributed by atoms with Gasteiger partial charge in [-0.15, -0.1) is 0 Å². The Bertz CT molecular complexity index is 527. The van der Waals surface area contributed by atoms with E-state index < -0.39 is 25.3 Å². The highest BCUT2D eigenvalue weighted by Gasteiger charge is 2.30. The molecule has 2 unspecified atom stereocenters. The van der Waals surface area contributed by atoms with Crippen molar-refractivity contribution in [3.05, 3.63) is 35.4 Å². The van der Waals surface area contributed by atoms with Gasteiger partial charge >= 0.3 is 13.6 Å². The molecular formula is C13H20NO5P. The van der Waals surface area contributed by atoms with E-state index in [-0.39, 0.29) is 12.3 Å². The van der Waals surface area contributed by atoms with Crippen molar-refractivity contribution in [1.82, 2.24) is 0 Å². The van der Waals surface area contributed by atoms with Crippen LogP contribution in [0.1, 0.15) is 30.9 Å². The zero-order chi connectivity index (χ0) is 15.5. The second kappa shape index (κ2) is 6.50. The summed E-state index contributed by atoms with van der Waals surface area (Å²) in [6, 6.07) is 6.02. The summed E-state index contributed by atoms with van der Waals surface area (Å²) in [5.74, 6) is -1.41. The first kappa shape index (κ1) is 16.9. The first-order valence-corrected chi connectivity index (χ1v) is 7.93. The van der Waals surface area contributed by atoms with Crippen LogP contribution in [0.25, 0.3) is 0 Å². The number of carboxylic acid groups (broad SMARTS) is 1. The van der Waals surface area contributed by atoms with Gasteiger partial charge < -0.3 is 20.6 Å². The fraction of sp³-hybridized carbons (Fsp3) is 0.462. The van der Waals surface area contributed by atoms with E-state index in [1.54, 1.807) is 31.2 Å². The van der Waals surface area contributed by atoms with Crippen LogP contribution in [0.3, 0.4) is 0 Å². The van der Waals surface area contributed by atoms with Crippen LogP contribution in [0.15, 0.2) is 24.3 Å². The minimum Gasteiger partial charge on any atom is -0.480 e. The van der Waals surface area contributed by atoms with E-state index >= 15 is 0 Å². The predicted octanol–water partition coefficient (Wildman–Crippen LogP) is 1.31. The van der Waals surface area contributed by atoms with E-state index in [4.69, 9.17) is 10.8 Å². The molecule has 0 saturated carbocycles. The van der Waals surface area contributed by atoms with Crippen molar-refractivity contribution < 1.29 is 24.3 Å². The molecule has 5 N–H and O–H groups in total. The fourth-order valence-electron chi connectivity index (χ4n) is 1.91. The lowest BCUT2D eigenvalue weighted by Crippen LogP contribution is -2.32. The minimum absolute atomic E-state index is 0.181. The Labute approximate surface area is 117 Å². The second-order valence-electron chi connectivity index (χ2n) is 5.01. The molecule has 0 heterocycles. The number of hydrogen-bond acceptors (Lipinski definition) is 3. The summed E-state index contributed by atoms with van der Waals surface area (Å²) in [6.45, 7) is 3.24. The molecule has 0 spiro atoms. The summed E-state index contributed by atoms with van der Waals surface area (Å²) in [6.07, 6.45) is 0.181. The topological polar surface area (TPSA) is 121 Å². The lowest BCUT2D eigenvalue weighted by Gasteiger charge is -2.22. The highest BCUT2D eigenvalue weighted by Crippen LogP contribution is 2.47. The van der Waals surface area contributed by atoms with Gasteiger partial charge in [0.05, 0.1) is 5.66 Å². The van der Waals surface area contributed by atoms with Gasteiger partial charge in [0.1, 0.15) is 6.04 Å². The van der Waals surface area contributed by atoms with Crippen molar-refractivity contribution >= 4 is 13.6 Å². The van der Waals surface area contributed by atoms with Gasteiger partial charge in [0.2, 0.25) is 0 Å². The second-order valence-corrected chi connectivity index (χ2v) is 7.00. The molecule has 0 aliphatic rings.